The lowest BCUT2D eigenvalue weighted by Gasteiger charge is -2.24. The van der Waals surface area contributed by atoms with Crippen LogP contribution in [0.15, 0.2) is 53.2 Å². The summed E-state index contributed by atoms with van der Waals surface area (Å²) in [6.45, 7) is 2.04. The average molecular weight is 334 g/mol. The van der Waals surface area contributed by atoms with Crippen molar-refractivity contribution >= 4 is 11.3 Å². The van der Waals surface area contributed by atoms with Gasteiger partial charge in [0.15, 0.2) is 0 Å². The highest BCUT2D eigenvalue weighted by atomic mass is 32.1. The number of aryl methyl sites for hydroxylation is 1. The van der Waals surface area contributed by atoms with Crippen LogP contribution in [0.2, 0.25) is 0 Å². The van der Waals surface area contributed by atoms with Crippen LogP contribution in [-0.4, -0.2) is 10.2 Å². The van der Waals surface area contributed by atoms with Crippen molar-refractivity contribution < 1.29 is 4.74 Å². The third kappa shape index (κ3) is 2.10. The van der Waals surface area contributed by atoms with Gasteiger partial charge in [0, 0.05) is 4.88 Å². The smallest absolute Gasteiger partial charge is 0.244 e. The Labute approximate surface area is 143 Å². The zero-order valence-corrected chi connectivity index (χ0v) is 13.7. The molecule has 0 unspecified atom stereocenters. The Hall–Kier alpha value is -3.04. The van der Waals surface area contributed by atoms with Crippen molar-refractivity contribution in [3.05, 3.63) is 69.2 Å². The number of hydrogen-bond donors (Lipinski definition) is 2. The first kappa shape index (κ1) is 14.5. The van der Waals surface area contributed by atoms with Crippen LogP contribution in [0.1, 0.15) is 21.9 Å². The fourth-order valence-electron chi connectivity index (χ4n) is 3.08. The molecule has 1 aliphatic rings. The number of nitrogens with two attached hydrogens (primary N) is 1. The molecule has 118 valence electrons. The second kappa shape index (κ2) is 5.55. The number of nitrogens with zero attached hydrogens (tertiary/aromatic N) is 2. The Morgan fingerprint density at radius 1 is 1.29 bits per heavy atom. The van der Waals surface area contributed by atoms with E-state index in [1.807, 2.05) is 48.7 Å². The highest BCUT2D eigenvalue weighted by molar-refractivity contribution is 7.10. The SMILES string of the molecule is Cc1sccc1[C@@H]1C(C#N)=C(N)Oc2n[nH]c(-c3ccccc3)c21. The molecule has 4 rings (SSSR count). The molecule has 24 heavy (non-hydrogen) atoms. The van der Waals surface area contributed by atoms with Gasteiger partial charge in [0.1, 0.15) is 11.6 Å². The molecular formula is C18H14N4OS. The van der Waals surface area contributed by atoms with Gasteiger partial charge in [-0.25, -0.2) is 0 Å². The highest BCUT2D eigenvalue weighted by Gasteiger charge is 2.36. The first-order valence-corrected chi connectivity index (χ1v) is 8.34. The predicted molar refractivity (Wildman–Crippen MR) is 92.4 cm³/mol. The highest BCUT2D eigenvalue weighted by Crippen LogP contribution is 2.46. The first-order chi connectivity index (χ1) is 11.7. The van der Waals surface area contributed by atoms with Crippen LogP contribution < -0.4 is 10.5 Å². The molecule has 6 heteroatoms. The number of ether oxygens (including phenoxy) is 1. The molecule has 5 nitrogen and oxygen atoms in total. The fraction of sp³-hybridized carbons (Fsp3) is 0.111. The lowest BCUT2D eigenvalue weighted by molar-refractivity contribution is 0.379. The van der Waals surface area contributed by atoms with Crippen LogP contribution in [0, 0.1) is 18.3 Å². The van der Waals surface area contributed by atoms with Crippen LogP contribution >= 0.6 is 11.3 Å². The second-order valence-corrected chi connectivity index (χ2v) is 6.66. The zero-order chi connectivity index (χ0) is 16.7. The van der Waals surface area contributed by atoms with Crippen LogP contribution in [0.25, 0.3) is 11.3 Å². The number of allylic oxidation sites excluding steroid dienone is 1. The quantitative estimate of drug-likeness (QED) is 0.748. The summed E-state index contributed by atoms with van der Waals surface area (Å²) in [6.07, 6.45) is 0. The molecule has 0 aliphatic carbocycles. The van der Waals surface area contributed by atoms with E-state index >= 15 is 0 Å². The van der Waals surface area contributed by atoms with Gasteiger partial charge in [0.05, 0.1) is 17.2 Å². The summed E-state index contributed by atoms with van der Waals surface area (Å²) in [5.74, 6) is 0.270. The van der Waals surface area contributed by atoms with E-state index in [0.717, 1.165) is 27.3 Å². The van der Waals surface area contributed by atoms with Gasteiger partial charge in [-0.3, -0.25) is 5.10 Å². The molecule has 0 radical (unpaired) electrons. The number of thiophene rings is 1. The van der Waals surface area contributed by atoms with Crippen molar-refractivity contribution in [1.29, 1.82) is 5.26 Å². The minimum Gasteiger partial charge on any atom is -0.420 e. The van der Waals surface area contributed by atoms with E-state index in [1.54, 1.807) is 11.3 Å². The maximum atomic E-state index is 9.65. The molecule has 0 saturated carbocycles. The molecule has 0 spiro atoms. The van der Waals surface area contributed by atoms with Gasteiger partial charge in [-0.2, -0.15) is 5.26 Å². The summed E-state index contributed by atoms with van der Waals surface area (Å²) < 4.78 is 5.60. The molecule has 1 aliphatic heterocycles. The van der Waals surface area contributed by atoms with Gasteiger partial charge in [0.2, 0.25) is 11.8 Å². The minimum atomic E-state index is -0.279. The molecule has 2 aromatic heterocycles. The lowest BCUT2D eigenvalue weighted by Crippen LogP contribution is -2.21. The molecule has 3 aromatic rings. The molecule has 0 saturated heterocycles. The fourth-order valence-corrected chi connectivity index (χ4v) is 3.82. The largest absolute Gasteiger partial charge is 0.420 e. The average Bonchev–Trinajstić information content (AvgIpc) is 3.20. The van der Waals surface area contributed by atoms with Gasteiger partial charge >= 0.3 is 0 Å². The van der Waals surface area contributed by atoms with Crippen molar-refractivity contribution in [3.63, 3.8) is 0 Å². The van der Waals surface area contributed by atoms with E-state index in [9.17, 15) is 5.26 Å². The minimum absolute atomic E-state index is 0.117. The third-order valence-electron chi connectivity index (χ3n) is 4.21. The topological polar surface area (TPSA) is 87.7 Å². The Morgan fingerprint density at radius 3 is 2.75 bits per heavy atom. The third-order valence-corrected chi connectivity index (χ3v) is 5.07. The molecule has 1 atom stereocenters. The van der Waals surface area contributed by atoms with E-state index in [2.05, 4.69) is 16.3 Å². The van der Waals surface area contributed by atoms with Gasteiger partial charge in [-0.15, -0.1) is 16.4 Å². The van der Waals surface area contributed by atoms with Crippen molar-refractivity contribution in [2.24, 2.45) is 5.73 Å². The molecule has 0 amide bonds. The summed E-state index contributed by atoms with van der Waals surface area (Å²) in [6, 6.07) is 14.1. The number of hydrogen-bond acceptors (Lipinski definition) is 5. The standard InChI is InChI=1S/C18H14N4OS/c1-10-12(7-8-24-10)14-13(9-19)17(20)23-18-15(14)16(21-22-18)11-5-3-2-4-6-11/h2-8,14H,20H2,1H3,(H,21,22)/t14-/m1/s1. The summed E-state index contributed by atoms with van der Waals surface area (Å²) in [5, 5.41) is 19.0. The van der Waals surface area contributed by atoms with Gasteiger partial charge < -0.3 is 10.5 Å². The second-order valence-electron chi connectivity index (χ2n) is 5.54. The Morgan fingerprint density at radius 2 is 2.08 bits per heavy atom. The summed E-state index contributed by atoms with van der Waals surface area (Å²) in [4.78, 5) is 1.15. The van der Waals surface area contributed by atoms with Gasteiger partial charge in [-0.05, 0) is 29.5 Å². The van der Waals surface area contributed by atoms with E-state index in [-0.39, 0.29) is 11.8 Å². The number of benzene rings is 1. The maximum absolute atomic E-state index is 9.65. The molecule has 0 bridgehead atoms. The van der Waals surface area contributed by atoms with E-state index < -0.39 is 0 Å². The number of nitriles is 1. The number of aromatic nitrogens is 2. The van der Waals surface area contributed by atoms with Crippen LogP contribution in [0.5, 0.6) is 5.88 Å². The molecule has 1 aromatic carbocycles. The van der Waals surface area contributed by atoms with Gasteiger partial charge in [-0.1, -0.05) is 30.3 Å². The summed E-state index contributed by atoms with van der Waals surface area (Å²) in [7, 11) is 0. The number of H-pyrrole nitrogens is 1. The number of aromatic amines is 1. The maximum Gasteiger partial charge on any atom is 0.244 e. The monoisotopic (exact) mass is 334 g/mol. The number of nitrogens with one attached hydrogen (secondary N) is 1. The normalized spacial score (nSPS) is 16.4. The summed E-state index contributed by atoms with van der Waals surface area (Å²) >= 11 is 1.65. The van der Waals surface area contributed by atoms with Gasteiger partial charge in [0.25, 0.3) is 0 Å². The molecule has 3 heterocycles. The predicted octanol–water partition coefficient (Wildman–Crippen LogP) is 3.66. The van der Waals surface area contributed by atoms with E-state index in [4.69, 9.17) is 10.5 Å². The zero-order valence-electron chi connectivity index (χ0n) is 12.9. The number of rotatable bonds is 2. The molecule has 0 fully saturated rings. The summed E-state index contributed by atoms with van der Waals surface area (Å²) in [5.41, 5.74) is 10.2. The Bertz CT molecular complexity index is 978. The van der Waals surface area contributed by atoms with E-state index in [1.165, 1.54) is 0 Å². The van der Waals surface area contributed by atoms with Crippen LogP contribution in [0.3, 0.4) is 0 Å². The first-order valence-electron chi connectivity index (χ1n) is 7.46. The van der Waals surface area contributed by atoms with Crippen LogP contribution in [0.4, 0.5) is 0 Å². The molecular weight excluding hydrogens is 320 g/mol. The number of fused-ring (bicyclic) bond motifs is 1. The van der Waals surface area contributed by atoms with Crippen molar-refractivity contribution in [2.75, 3.05) is 0 Å². The van der Waals surface area contributed by atoms with Crippen molar-refractivity contribution in [2.45, 2.75) is 12.8 Å². The lowest BCUT2D eigenvalue weighted by atomic mass is 9.83. The van der Waals surface area contributed by atoms with Crippen molar-refractivity contribution in [3.8, 4) is 23.2 Å². The Balaban J connectivity index is 1.98. The van der Waals surface area contributed by atoms with E-state index in [0.29, 0.717) is 11.5 Å². The van der Waals surface area contributed by atoms with Crippen LogP contribution in [-0.2, 0) is 0 Å². The molecule has 3 N–H and O–H groups in total. The van der Waals surface area contributed by atoms with Crippen molar-refractivity contribution in [1.82, 2.24) is 10.2 Å². The Kier molecular flexibility index (Phi) is 3.36.